The average Bonchev–Trinajstić information content (AvgIpc) is 3.10. The monoisotopic (exact) mass is 494 g/mol. The number of nitrogens with one attached hydrogen (secondary N) is 1. The van der Waals surface area contributed by atoms with E-state index in [9.17, 15) is 27.9 Å². The quantitative estimate of drug-likeness (QED) is 0.590. The summed E-state index contributed by atoms with van der Waals surface area (Å²) in [5.74, 6) is -0.850. The van der Waals surface area contributed by atoms with Crippen LogP contribution < -0.4 is 10.1 Å². The molecule has 0 aliphatic heterocycles. The number of alkyl halides is 3. The van der Waals surface area contributed by atoms with E-state index in [-0.39, 0.29) is 31.4 Å². The summed E-state index contributed by atoms with van der Waals surface area (Å²) in [7, 11) is 1.47. The van der Waals surface area contributed by atoms with Crippen molar-refractivity contribution in [1.82, 2.24) is 10.2 Å². The topological polar surface area (TPSA) is 78.9 Å². The molecule has 0 aliphatic carbocycles. The van der Waals surface area contributed by atoms with Crippen LogP contribution in [-0.2, 0) is 11.0 Å². The Hall–Kier alpha value is -2.11. The lowest BCUT2D eigenvalue weighted by Gasteiger charge is -2.17. The third-order valence-electron chi connectivity index (χ3n) is 3.65. The fraction of sp³-hybridized carbons (Fsp3) is 0.333. The van der Waals surface area contributed by atoms with Gasteiger partial charge < -0.3 is 20.1 Å². The second-order valence-corrected chi connectivity index (χ2v) is 8.52. The molecular weight excluding hydrogens is 477 g/mol. The van der Waals surface area contributed by atoms with Crippen LogP contribution in [0.3, 0.4) is 0 Å². The maximum absolute atomic E-state index is 12.7. The van der Waals surface area contributed by atoms with Gasteiger partial charge >= 0.3 is 6.18 Å². The smallest absolute Gasteiger partial charge is 0.416 e. The lowest BCUT2D eigenvalue weighted by molar-refractivity contribution is -0.137. The maximum Gasteiger partial charge on any atom is 0.416 e. The van der Waals surface area contributed by atoms with Gasteiger partial charge in [-0.05, 0) is 46.3 Å². The number of aliphatic hydroxyl groups excluding tert-OH is 1. The van der Waals surface area contributed by atoms with Crippen LogP contribution >= 0.6 is 27.3 Å². The molecule has 1 aromatic carbocycles. The van der Waals surface area contributed by atoms with Crippen LogP contribution in [-0.4, -0.2) is 54.7 Å². The SMILES string of the molecule is CN(CC(=O)NCC(O)COc1cccc(C(F)(F)F)c1)C(=O)c1ccc(Br)s1. The van der Waals surface area contributed by atoms with Gasteiger partial charge in [-0.15, -0.1) is 11.3 Å². The number of nitrogens with zero attached hydrogens (tertiary/aromatic N) is 1. The Morgan fingerprint density at radius 2 is 2.03 bits per heavy atom. The molecule has 11 heteroatoms. The normalized spacial score (nSPS) is 12.3. The third-order valence-corrected chi connectivity index (χ3v) is 5.26. The molecule has 1 heterocycles. The van der Waals surface area contributed by atoms with Crippen molar-refractivity contribution in [2.75, 3.05) is 26.7 Å². The minimum atomic E-state index is -4.49. The number of halogens is 4. The highest BCUT2D eigenvalue weighted by Gasteiger charge is 2.30. The van der Waals surface area contributed by atoms with Gasteiger partial charge in [0, 0.05) is 13.6 Å². The molecule has 1 unspecified atom stereocenters. The van der Waals surface area contributed by atoms with Gasteiger partial charge in [0.15, 0.2) is 0 Å². The molecule has 2 rings (SSSR count). The van der Waals surface area contributed by atoms with E-state index < -0.39 is 23.8 Å². The van der Waals surface area contributed by atoms with Crippen LogP contribution in [0, 0.1) is 0 Å². The minimum absolute atomic E-state index is 0.0439. The van der Waals surface area contributed by atoms with Gasteiger partial charge in [0.25, 0.3) is 5.91 Å². The van der Waals surface area contributed by atoms with Crippen molar-refractivity contribution >= 4 is 39.1 Å². The van der Waals surface area contributed by atoms with Crippen molar-refractivity contribution in [3.8, 4) is 5.75 Å². The van der Waals surface area contributed by atoms with E-state index in [2.05, 4.69) is 21.2 Å². The largest absolute Gasteiger partial charge is 0.491 e. The Bertz CT molecular complexity index is 860. The number of aliphatic hydroxyl groups is 1. The van der Waals surface area contributed by atoms with Crippen LogP contribution in [0.4, 0.5) is 13.2 Å². The van der Waals surface area contributed by atoms with Gasteiger partial charge in [0.05, 0.1) is 20.8 Å². The number of benzene rings is 1. The summed E-state index contributed by atoms with van der Waals surface area (Å²) in [6.45, 7) is -0.695. The van der Waals surface area contributed by atoms with E-state index in [1.54, 1.807) is 12.1 Å². The summed E-state index contributed by atoms with van der Waals surface area (Å²) < 4.78 is 43.9. The number of carbonyl (C=O) groups is 2. The molecule has 0 bridgehead atoms. The van der Waals surface area contributed by atoms with E-state index in [1.807, 2.05) is 0 Å². The fourth-order valence-electron chi connectivity index (χ4n) is 2.21. The van der Waals surface area contributed by atoms with Crippen LogP contribution in [0.1, 0.15) is 15.2 Å². The molecule has 2 aromatic rings. The lowest BCUT2D eigenvalue weighted by atomic mass is 10.2. The van der Waals surface area contributed by atoms with E-state index >= 15 is 0 Å². The van der Waals surface area contributed by atoms with Crippen molar-refractivity contribution in [2.45, 2.75) is 12.3 Å². The molecule has 0 saturated carbocycles. The molecule has 0 spiro atoms. The molecule has 2 N–H and O–H groups in total. The standard InChI is InChI=1S/C18H18BrF3N2O4S/c1-24(17(27)14-5-6-15(19)29-14)9-16(26)23-8-12(25)10-28-13-4-2-3-11(7-13)18(20,21)22/h2-7,12,25H,8-10H2,1H3,(H,23,26). The van der Waals surface area contributed by atoms with Gasteiger partial charge in [0.2, 0.25) is 5.91 Å². The van der Waals surface area contributed by atoms with E-state index in [0.29, 0.717) is 4.88 Å². The van der Waals surface area contributed by atoms with E-state index in [0.717, 1.165) is 15.9 Å². The number of hydrogen-bond donors (Lipinski definition) is 2. The zero-order valence-corrected chi connectivity index (χ0v) is 17.6. The first kappa shape index (κ1) is 23.2. The van der Waals surface area contributed by atoms with Crippen LogP contribution in [0.2, 0.25) is 0 Å². The first-order chi connectivity index (χ1) is 13.6. The van der Waals surface area contributed by atoms with Crippen LogP contribution in [0.25, 0.3) is 0 Å². The summed E-state index contributed by atoms with van der Waals surface area (Å²) in [6.07, 6.45) is -5.63. The van der Waals surface area contributed by atoms with Crippen molar-refractivity contribution in [3.05, 3.63) is 50.6 Å². The summed E-state index contributed by atoms with van der Waals surface area (Å²) in [5.41, 5.74) is -0.858. The Morgan fingerprint density at radius 1 is 1.31 bits per heavy atom. The second kappa shape index (κ2) is 10.1. The molecular formula is C18H18BrF3N2O4S. The fourth-order valence-corrected chi connectivity index (χ4v) is 3.59. The van der Waals surface area contributed by atoms with Crippen LogP contribution in [0.5, 0.6) is 5.75 Å². The number of carbonyl (C=O) groups excluding carboxylic acids is 2. The van der Waals surface area contributed by atoms with Gasteiger partial charge in [-0.25, -0.2) is 0 Å². The number of ether oxygens (including phenoxy) is 1. The predicted octanol–water partition coefficient (Wildman–Crippen LogP) is 3.16. The molecule has 29 heavy (non-hydrogen) atoms. The molecule has 0 saturated heterocycles. The lowest BCUT2D eigenvalue weighted by Crippen LogP contribution is -2.42. The van der Waals surface area contributed by atoms with Gasteiger partial charge in [-0.2, -0.15) is 13.2 Å². The maximum atomic E-state index is 12.7. The molecule has 1 atom stereocenters. The Balaban J connectivity index is 1.75. The Kier molecular flexibility index (Phi) is 8.05. The molecule has 6 nitrogen and oxygen atoms in total. The van der Waals surface area contributed by atoms with Crippen molar-refractivity contribution in [1.29, 1.82) is 0 Å². The Labute approximate surface area is 177 Å². The summed E-state index contributed by atoms with van der Waals surface area (Å²) >= 11 is 4.50. The number of likely N-dealkylation sites (N-methyl/N-ethyl adjacent to an activating group) is 1. The number of hydrogen-bond acceptors (Lipinski definition) is 5. The summed E-state index contributed by atoms with van der Waals surface area (Å²) in [4.78, 5) is 25.8. The molecule has 0 fully saturated rings. The Morgan fingerprint density at radius 3 is 2.66 bits per heavy atom. The molecule has 0 radical (unpaired) electrons. The predicted molar refractivity (Wildman–Crippen MR) is 105 cm³/mol. The highest BCUT2D eigenvalue weighted by molar-refractivity contribution is 9.11. The summed E-state index contributed by atoms with van der Waals surface area (Å²) in [6, 6.07) is 7.65. The van der Waals surface area contributed by atoms with E-state index in [1.165, 1.54) is 35.4 Å². The highest BCUT2D eigenvalue weighted by Crippen LogP contribution is 2.31. The first-order valence-electron chi connectivity index (χ1n) is 8.32. The number of amides is 2. The molecule has 158 valence electrons. The first-order valence-corrected chi connectivity index (χ1v) is 9.93. The third kappa shape index (κ3) is 7.33. The summed E-state index contributed by atoms with van der Waals surface area (Å²) in [5, 5.41) is 12.3. The zero-order valence-electron chi connectivity index (χ0n) is 15.2. The van der Waals surface area contributed by atoms with Gasteiger partial charge in [0.1, 0.15) is 18.5 Å². The number of thiophene rings is 1. The highest BCUT2D eigenvalue weighted by atomic mass is 79.9. The van der Waals surface area contributed by atoms with Crippen molar-refractivity contribution in [2.24, 2.45) is 0 Å². The zero-order chi connectivity index (χ0) is 21.6. The molecule has 1 aromatic heterocycles. The van der Waals surface area contributed by atoms with Crippen molar-refractivity contribution in [3.63, 3.8) is 0 Å². The van der Waals surface area contributed by atoms with Crippen LogP contribution in [0.15, 0.2) is 40.2 Å². The molecule has 0 aliphatic rings. The van der Waals surface area contributed by atoms with Crippen molar-refractivity contribution < 1.29 is 32.6 Å². The van der Waals surface area contributed by atoms with Gasteiger partial charge in [-0.1, -0.05) is 6.07 Å². The van der Waals surface area contributed by atoms with Gasteiger partial charge in [-0.3, -0.25) is 9.59 Å². The average molecular weight is 495 g/mol. The second-order valence-electron chi connectivity index (χ2n) is 6.06. The minimum Gasteiger partial charge on any atom is -0.491 e. The van der Waals surface area contributed by atoms with E-state index in [4.69, 9.17) is 4.74 Å². The molecule has 2 amide bonds. The number of rotatable bonds is 8.